The molecule has 4 heteroatoms. The second kappa shape index (κ2) is 7.55. The average Bonchev–Trinajstić information content (AvgIpc) is 2.47. The molecule has 1 saturated carbocycles. The third kappa shape index (κ3) is 4.81. The SMILES string of the molecule is CC(C(=O)NC1CCCCC1)N(C)Cc1cccc(F)c1. The minimum atomic E-state index is -0.236. The lowest BCUT2D eigenvalue weighted by atomic mass is 9.95. The van der Waals surface area contributed by atoms with Crippen LogP contribution in [0.3, 0.4) is 0 Å². The van der Waals surface area contributed by atoms with Crippen LogP contribution in [0.15, 0.2) is 24.3 Å². The van der Waals surface area contributed by atoms with Crippen LogP contribution in [0.2, 0.25) is 0 Å². The fraction of sp³-hybridized carbons (Fsp3) is 0.588. The van der Waals surface area contributed by atoms with Gasteiger partial charge in [0.05, 0.1) is 6.04 Å². The van der Waals surface area contributed by atoms with Crippen molar-refractivity contribution in [2.45, 2.75) is 57.7 Å². The van der Waals surface area contributed by atoms with Gasteiger partial charge in [-0.25, -0.2) is 4.39 Å². The zero-order valence-electron chi connectivity index (χ0n) is 12.9. The summed E-state index contributed by atoms with van der Waals surface area (Å²) in [5, 5.41) is 3.14. The van der Waals surface area contributed by atoms with Gasteiger partial charge in [-0.15, -0.1) is 0 Å². The minimum Gasteiger partial charge on any atom is -0.352 e. The molecule has 1 aliphatic rings. The summed E-state index contributed by atoms with van der Waals surface area (Å²) in [6.45, 7) is 2.47. The van der Waals surface area contributed by atoms with Crippen LogP contribution in [0.25, 0.3) is 0 Å². The predicted octanol–water partition coefficient (Wildman–Crippen LogP) is 3.09. The molecule has 1 aliphatic carbocycles. The molecule has 1 unspecified atom stereocenters. The van der Waals surface area contributed by atoms with Gasteiger partial charge >= 0.3 is 0 Å². The molecule has 0 saturated heterocycles. The summed E-state index contributed by atoms with van der Waals surface area (Å²) in [5.41, 5.74) is 0.884. The molecule has 1 aromatic rings. The van der Waals surface area contributed by atoms with E-state index in [0.29, 0.717) is 12.6 Å². The number of likely N-dealkylation sites (N-methyl/N-ethyl adjacent to an activating group) is 1. The molecule has 0 aromatic heterocycles. The fourth-order valence-corrected chi connectivity index (χ4v) is 2.83. The Labute approximate surface area is 126 Å². The molecule has 1 fully saturated rings. The molecule has 0 heterocycles. The van der Waals surface area contributed by atoms with E-state index in [-0.39, 0.29) is 17.8 Å². The van der Waals surface area contributed by atoms with Gasteiger partial charge in [-0.2, -0.15) is 0 Å². The molecule has 116 valence electrons. The summed E-state index contributed by atoms with van der Waals surface area (Å²) in [4.78, 5) is 14.2. The highest BCUT2D eigenvalue weighted by Crippen LogP contribution is 2.18. The highest BCUT2D eigenvalue weighted by molar-refractivity contribution is 5.81. The van der Waals surface area contributed by atoms with Crippen molar-refractivity contribution in [1.82, 2.24) is 10.2 Å². The minimum absolute atomic E-state index is 0.0702. The van der Waals surface area contributed by atoms with Crippen molar-refractivity contribution in [1.29, 1.82) is 0 Å². The maximum Gasteiger partial charge on any atom is 0.237 e. The fourth-order valence-electron chi connectivity index (χ4n) is 2.83. The first-order chi connectivity index (χ1) is 10.1. The number of carbonyl (C=O) groups excluding carboxylic acids is 1. The normalized spacial score (nSPS) is 17.7. The van der Waals surface area contributed by atoms with Crippen molar-refractivity contribution in [3.05, 3.63) is 35.6 Å². The van der Waals surface area contributed by atoms with Crippen LogP contribution >= 0.6 is 0 Å². The number of benzene rings is 1. The molecule has 1 aromatic carbocycles. The van der Waals surface area contributed by atoms with Crippen LogP contribution < -0.4 is 5.32 Å². The second-order valence-electron chi connectivity index (χ2n) is 6.06. The molecule has 2 rings (SSSR count). The summed E-state index contributed by atoms with van der Waals surface area (Å²) < 4.78 is 13.2. The number of rotatable bonds is 5. The van der Waals surface area contributed by atoms with Gasteiger partial charge in [-0.1, -0.05) is 31.4 Å². The summed E-state index contributed by atoms with van der Waals surface area (Å²) in [6, 6.07) is 6.65. The molecule has 0 radical (unpaired) electrons. The van der Waals surface area contributed by atoms with E-state index in [1.165, 1.54) is 31.4 Å². The molecule has 21 heavy (non-hydrogen) atoms. The summed E-state index contributed by atoms with van der Waals surface area (Å²) >= 11 is 0. The molecule has 0 bridgehead atoms. The largest absolute Gasteiger partial charge is 0.352 e. The zero-order valence-corrected chi connectivity index (χ0v) is 12.9. The molecule has 0 aliphatic heterocycles. The number of amides is 1. The van der Waals surface area contributed by atoms with Crippen LogP contribution in [0.5, 0.6) is 0 Å². The quantitative estimate of drug-likeness (QED) is 0.904. The van der Waals surface area contributed by atoms with E-state index in [0.717, 1.165) is 18.4 Å². The Hall–Kier alpha value is -1.42. The molecular weight excluding hydrogens is 267 g/mol. The summed E-state index contributed by atoms with van der Waals surface area (Å²) in [6.07, 6.45) is 5.87. The van der Waals surface area contributed by atoms with Crippen LogP contribution in [-0.4, -0.2) is 29.9 Å². The van der Waals surface area contributed by atoms with Crippen molar-refractivity contribution >= 4 is 5.91 Å². The zero-order chi connectivity index (χ0) is 15.2. The third-order valence-corrected chi connectivity index (χ3v) is 4.31. The van der Waals surface area contributed by atoms with Gasteiger partial charge in [0.25, 0.3) is 0 Å². The van der Waals surface area contributed by atoms with Gasteiger partial charge in [-0.3, -0.25) is 9.69 Å². The van der Waals surface area contributed by atoms with E-state index in [9.17, 15) is 9.18 Å². The second-order valence-corrected chi connectivity index (χ2v) is 6.06. The molecule has 1 atom stereocenters. The average molecular weight is 292 g/mol. The number of hydrogen-bond acceptors (Lipinski definition) is 2. The summed E-state index contributed by atoms with van der Waals surface area (Å²) in [5.74, 6) is -0.166. The van der Waals surface area contributed by atoms with Crippen molar-refractivity contribution in [2.24, 2.45) is 0 Å². The first-order valence-electron chi connectivity index (χ1n) is 7.81. The van der Waals surface area contributed by atoms with Gasteiger partial charge in [-0.05, 0) is 44.5 Å². The van der Waals surface area contributed by atoms with E-state index in [4.69, 9.17) is 0 Å². The lowest BCUT2D eigenvalue weighted by Gasteiger charge is -2.28. The van der Waals surface area contributed by atoms with Crippen LogP contribution in [0, 0.1) is 5.82 Å². The number of nitrogens with zero attached hydrogens (tertiary/aromatic N) is 1. The van der Waals surface area contributed by atoms with E-state index in [2.05, 4.69) is 5.32 Å². The van der Waals surface area contributed by atoms with Gasteiger partial charge in [0, 0.05) is 12.6 Å². The molecule has 0 spiro atoms. The van der Waals surface area contributed by atoms with Gasteiger partial charge in [0.1, 0.15) is 5.82 Å². The third-order valence-electron chi connectivity index (χ3n) is 4.31. The Bertz CT molecular complexity index is 472. The molecule has 1 N–H and O–H groups in total. The number of carbonyl (C=O) groups is 1. The number of halogens is 1. The monoisotopic (exact) mass is 292 g/mol. The van der Waals surface area contributed by atoms with Crippen molar-refractivity contribution < 1.29 is 9.18 Å². The maximum atomic E-state index is 13.2. The summed E-state index contributed by atoms with van der Waals surface area (Å²) in [7, 11) is 1.90. The first kappa shape index (κ1) is 16.0. The lowest BCUT2D eigenvalue weighted by molar-refractivity contribution is -0.126. The number of nitrogens with one attached hydrogen (secondary N) is 1. The standard InChI is InChI=1S/C17H25FN2O/c1-13(17(21)19-16-9-4-3-5-10-16)20(2)12-14-7-6-8-15(18)11-14/h6-8,11,13,16H,3-5,9-10,12H2,1-2H3,(H,19,21). The number of hydrogen-bond donors (Lipinski definition) is 1. The van der Waals surface area contributed by atoms with Crippen LogP contribution in [0.4, 0.5) is 4.39 Å². The lowest BCUT2D eigenvalue weighted by Crippen LogP contribution is -2.47. The maximum absolute atomic E-state index is 13.2. The van der Waals surface area contributed by atoms with Gasteiger partial charge in [0.15, 0.2) is 0 Å². The molecular formula is C17H25FN2O. The highest BCUT2D eigenvalue weighted by atomic mass is 19.1. The van der Waals surface area contributed by atoms with Crippen molar-refractivity contribution in [3.8, 4) is 0 Å². The van der Waals surface area contributed by atoms with E-state index >= 15 is 0 Å². The van der Waals surface area contributed by atoms with Crippen LogP contribution in [0.1, 0.15) is 44.6 Å². The Kier molecular flexibility index (Phi) is 5.74. The topological polar surface area (TPSA) is 32.3 Å². The Morgan fingerprint density at radius 1 is 1.38 bits per heavy atom. The van der Waals surface area contributed by atoms with Gasteiger partial charge in [0.2, 0.25) is 5.91 Å². The molecule has 1 amide bonds. The molecule has 3 nitrogen and oxygen atoms in total. The van der Waals surface area contributed by atoms with Gasteiger partial charge < -0.3 is 5.32 Å². The van der Waals surface area contributed by atoms with Crippen molar-refractivity contribution in [3.63, 3.8) is 0 Å². The highest BCUT2D eigenvalue weighted by Gasteiger charge is 2.22. The Balaban J connectivity index is 1.85. The first-order valence-corrected chi connectivity index (χ1v) is 7.81. The predicted molar refractivity (Wildman–Crippen MR) is 82.3 cm³/mol. The van der Waals surface area contributed by atoms with Crippen LogP contribution in [-0.2, 0) is 11.3 Å². The Morgan fingerprint density at radius 3 is 2.76 bits per heavy atom. The van der Waals surface area contributed by atoms with E-state index in [1.54, 1.807) is 6.07 Å². The Morgan fingerprint density at radius 2 is 2.10 bits per heavy atom. The van der Waals surface area contributed by atoms with E-state index < -0.39 is 0 Å². The smallest absolute Gasteiger partial charge is 0.237 e. The van der Waals surface area contributed by atoms with E-state index in [1.807, 2.05) is 24.9 Å². The van der Waals surface area contributed by atoms with Crippen molar-refractivity contribution in [2.75, 3.05) is 7.05 Å².